The second-order valence-corrected chi connectivity index (χ2v) is 10.5. The molecule has 0 saturated heterocycles. The van der Waals surface area contributed by atoms with Crippen LogP contribution in [0.15, 0.2) is 36.4 Å². The van der Waals surface area contributed by atoms with Crippen LogP contribution in [0.25, 0.3) is 0 Å². The quantitative estimate of drug-likeness (QED) is 0.572. The summed E-state index contributed by atoms with van der Waals surface area (Å²) in [5.41, 5.74) is 3.06. The first-order chi connectivity index (χ1) is 14.1. The van der Waals surface area contributed by atoms with Gasteiger partial charge in [-0.25, -0.2) is 4.39 Å². The molecule has 1 aliphatic carbocycles. The Hall–Kier alpha value is -2.03. The van der Waals surface area contributed by atoms with Gasteiger partial charge in [-0.05, 0) is 79.3 Å². The van der Waals surface area contributed by atoms with Gasteiger partial charge in [0.1, 0.15) is 17.3 Å². The zero-order valence-electron chi connectivity index (χ0n) is 19.0. The van der Waals surface area contributed by atoms with Crippen LogP contribution in [0.2, 0.25) is 0 Å². The fourth-order valence-electron chi connectivity index (χ4n) is 5.95. The third kappa shape index (κ3) is 3.61. The first kappa shape index (κ1) is 21.2. The summed E-state index contributed by atoms with van der Waals surface area (Å²) in [6.07, 6.45) is 5.47. The summed E-state index contributed by atoms with van der Waals surface area (Å²) < 4.78 is 20.0. The Morgan fingerprint density at radius 1 is 1.17 bits per heavy atom. The Morgan fingerprint density at radius 3 is 2.53 bits per heavy atom. The highest BCUT2D eigenvalue weighted by Crippen LogP contribution is 2.56. The number of fused-ring (bicyclic) bond motifs is 3. The van der Waals surface area contributed by atoms with Gasteiger partial charge in [0.25, 0.3) is 0 Å². The van der Waals surface area contributed by atoms with Crippen LogP contribution in [-0.4, -0.2) is 11.2 Å². The van der Waals surface area contributed by atoms with E-state index in [9.17, 15) is 9.50 Å². The lowest BCUT2D eigenvalue weighted by atomic mass is 9.62. The van der Waals surface area contributed by atoms with Crippen molar-refractivity contribution in [3.63, 3.8) is 0 Å². The van der Waals surface area contributed by atoms with Gasteiger partial charge in [0.2, 0.25) is 0 Å². The van der Waals surface area contributed by atoms with Gasteiger partial charge in [-0.1, -0.05) is 46.2 Å². The molecule has 0 radical (unpaired) electrons. The highest BCUT2D eigenvalue weighted by Gasteiger charge is 2.44. The summed E-state index contributed by atoms with van der Waals surface area (Å²) in [7, 11) is 0. The number of hydrogen-bond acceptors (Lipinski definition) is 2. The van der Waals surface area contributed by atoms with Gasteiger partial charge in [0, 0.05) is 16.9 Å². The predicted molar refractivity (Wildman–Crippen MR) is 120 cm³/mol. The second-order valence-electron chi connectivity index (χ2n) is 10.5. The number of phenols is 1. The number of hydrogen-bond donors (Lipinski definition) is 1. The molecule has 1 aliphatic heterocycles. The van der Waals surface area contributed by atoms with Crippen molar-refractivity contribution in [2.45, 2.75) is 84.2 Å². The molecule has 0 amide bonds. The molecule has 0 spiro atoms. The minimum atomic E-state index is -0.315. The van der Waals surface area contributed by atoms with E-state index in [0.717, 1.165) is 48.1 Å². The van der Waals surface area contributed by atoms with Crippen molar-refractivity contribution >= 4 is 0 Å². The molecule has 1 saturated carbocycles. The highest BCUT2D eigenvalue weighted by atomic mass is 19.1. The van der Waals surface area contributed by atoms with Crippen molar-refractivity contribution in [3.8, 4) is 11.5 Å². The first-order valence-corrected chi connectivity index (χ1v) is 11.4. The van der Waals surface area contributed by atoms with E-state index < -0.39 is 0 Å². The molecular weight excluding hydrogens is 375 g/mol. The summed E-state index contributed by atoms with van der Waals surface area (Å²) in [5.74, 6) is 1.76. The molecule has 2 aromatic carbocycles. The van der Waals surface area contributed by atoms with Crippen LogP contribution in [0.4, 0.5) is 4.39 Å². The standard InChI is InChI=1S/C27H35FO2/c1-6-12-27(5,18-7-9-20(28)10-8-18)19-14-23(29)25-22-16-26(3,4)13-11-21(22)17(2)30-24(25)15-19/h7-10,14-15,17,21-22,29H,6,11-13,16H2,1-5H3. The van der Waals surface area contributed by atoms with Crippen LogP contribution in [0.5, 0.6) is 11.5 Å². The van der Waals surface area contributed by atoms with E-state index in [-0.39, 0.29) is 22.8 Å². The van der Waals surface area contributed by atoms with Crippen LogP contribution >= 0.6 is 0 Å². The van der Waals surface area contributed by atoms with Gasteiger partial charge in [0.05, 0.1) is 6.10 Å². The van der Waals surface area contributed by atoms with Crippen molar-refractivity contribution in [2.75, 3.05) is 0 Å². The summed E-state index contributed by atoms with van der Waals surface area (Å²) in [4.78, 5) is 0. The van der Waals surface area contributed by atoms with Crippen molar-refractivity contribution in [3.05, 3.63) is 58.9 Å². The van der Waals surface area contributed by atoms with Gasteiger partial charge in [-0.2, -0.15) is 0 Å². The van der Waals surface area contributed by atoms with Crippen molar-refractivity contribution < 1.29 is 14.2 Å². The SMILES string of the molecule is CCCC(C)(c1ccc(F)cc1)c1cc(O)c2c(c1)OC(C)C1CCC(C)(C)CC21. The Labute approximate surface area is 180 Å². The smallest absolute Gasteiger partial charge is 0.127 e. The molecule has 2 nitrogen and oxygen atoms in total. The number of benzene rings is 2. The maximum absolute atomic E-state index is 13.6. The molecule has 30 heavy (non-hydrogen) atoms. The summed E-state index contributed by atoms with van der Waals surface area (Å²) >= 11 is 0. The molecular formula is C27H35FO2. The molecule has 162 valence electrons. The van der Waals surface area contributed by atoms with Gasteiger partial charge in [0.15, 0.2) is 0 Å². The predicted octanol–water partition coefficient (Wildman–Crippen LogP) is 7.33. The van der Waals surface area contributed by atoms with E-state index in [2.05, 4.69) is 40.7 Å². The monoisotopic (exact) mass is 410 g/mol. The number of ether oxygens (including phenoxy) is 1. The Kier molecular flexibility index (Phi) is 5.36. The molecule has 0 aromatic heterocycles. The van der Waals surface area contributed by atoms with Crippen LogP contribution in [0.3, 0.4) is 0 Å². The Bertz CT molecular complexity index is 917. The van der Waals surface area contributed by atoms with Crippen LogP contribution in [0, 0.1) is 17.2 Å². The van der Waals surface area contributed by atoms with Gasteiger partial charge < -0.3 is 9.84 Å². The Balaban J connectivity index is 1.81. The van der Waals surface area contributed by atoms with E-state index >= 15 is 0 Å². The zero-order valence-corrected chi connectivity index (χ0v) is 19.0. The van der Waals surface area contributed by atoms with Crippen molar-refractivity contribution in [1.82, 2.24) is 0 Å². The Morgan fingerprint density at radius 2 is 1.87 bits per heavy atom. The molecule has 1 N–H and O–H groups in total. The van der Waals surface area contributed by atoms with Crippen molar-refractivity contribution in [1.29, 1.82) is 0 Å². The highest BCUT2D eigenvalue weighted by molar-refractivity contribution is 5.55. The van der Waals surface area contributed by atoms with Crippen LogP contribution < -0.4 is 4.74 Å². The summed E-state index contributed by atoms with van der Waals surface area (Å²) in [6, 6.07) is 10.9. The number of halogens is 1. The number of rotatable bonds is 4. The maximum Gasteiger partial charge on any atom is 0.127 e. The number of phenolic OH excluding ortho intramolecular Hbond substituents is 1. The van der Waals surface area contributed by atoms with E-state index in [1.807, 2.05) is 18.2 Å². The minimum absolute atomic E-state index is 0.150. The lowest BCUT2D eigenvalue weighted by Crippen LogP contribution is -2.40. The van der Waals surface area contributed by atoms with Gasteiger partial charge >= 0.3 is 0 Å². The second kappa shape index (κ2) is 7.59. The molecule has 4 atom stereocenters. The summed E-state index contributed by atoms with van der Waals surface area (Å²) in [5, 5.41) is 11.2. The zero-order chi connectivity index (χ0) is 21.7. The van der Waals surface area contributed by atoms with E-state index in [4.69, 9.17) is 4.74 Å². The van der Waals surface area contributed by atoms with Crippen molar-refractivity contribution in [2.24, 2.45) is 11.3 Å². The lowest BCUT2D eigenvalue weighted by molar-refractivity contribution is 0.0441. The largest absolute Gasteiger partial charge is 0.508 e. The lowest BCUT2D eigenvalue weighted by Gasteiger charge is -2.47. The third-order valence-electron chi connectivity index (χ3n) is 7.72. The molecule has 1 fully saturated rings. The average Bonchev–Trinajstić information content (AvgIpc) is 2.67. The number of aromatic hydroxyl groups is 1. The van der Waals surface area contributed by atoms with Crippen LogP contribution in [-0.2, 0) is 5.41 Å². The molecule has 3 heteroatoms. The average molecular weight is 411 g/mol. The summed E-state index contributed by atoms with van der Waals surface area (Å²) in [6.45, 7) is 11.2. The molecule has 4 rings (SSSR count). The third-order valence-corrected chi connectivity index (χ3v) is 7.72. The van der Waals surface area contributed by atoms with Gasteiger partial charge in [-0.15, -0.1) is 0 Å². The molecule has 4 unspecified atom stereocenters. The molecule has 1 heterocycles. The van der Waals surface area contributed by atoms with E-state index in [0.29, 0.717) is 17.6 Å². The van der Waals surface area contributed by atoms with E-state index in [1.54, 1.807) is 0 Å². The van der Waals surface area contributed by atoms with Crippen LogP contribution in [0.1, 0.15) is 89.3 Å². The van der Waals surface area contributed by atoms with E-state index in [1.165, 1.54) is 18.6 Å². The fourth-order valence-corrected chi connectivity index (χ4v) is 5.95. The topological polar surface area (TPSA) is 29.5 Å². The minimum Gasteiger partial charge on any atom is -0.508 e. The van der Waals surface area contributed by atoms with Gasteiger partial charge in [-0.3, -0.25) is 0 Å². The molecule has 0 bridgehead atoms. The molecule has 2 aromatic rings. The maximum atomic E-state index is 13.6. The first-order valence-electron chi connectivity index (χ1n) is 11.4. The normalized spacial score (nSPS) is 26.8. The molecule has 2 aliphatic rings. The fraction of sp³-hybridized carbons (Fsp3) is 0.556.